The minimum Gasteiger partial charge on any atom is -0.377 e. The lowest BCUT2D eigenvalue weighted by Crippen LogP contribution is -2.44. The third kappa shape index (κ3) is 3.36. The highest BCUT2D eigenvalue weighted by molar-refractivity contribution is 5.76. The van der Waals surface area contributed by atoms with Crippen molar-refractivity contribution in [3.05, 3.63) is 35.7 Å². The van der Waals surface area contributed by atoms with E-state index in [1.807, 2.05) is 18.0 Å². The van der Waals surface area contributed by atoms with Crippen LogP contribution in [0.15, 0.2) is 18.6 Å². The van der Waals surface area contributed by atoms with E-state index in [2.05, 4.69) is 33.6 Å². The van der Waals surface area contributed by atoms with Crippen LogP contribution in [0.4, 0.5) is 0 Å². The Morgan fingerprint density at radius 1 is 1.50 bits per heavy atom. The molecule has 2 aromatic rings. The number of morpholine rings is 1. The predicted octanol–water partition coefficient (Wildman–Crippen LogP) is 2.03. The molecule has 1 saturated heterocycles. The predicted molar refractivity (Wildman–Crippen MR) is 89.5 cm³/mol. The van der Waals surface area contributed by atoms with Crippen molar-refractivity contribution in [1.82, 2.24) is 24.6 Å². The monoisotopic (exact) mass is 331 g/mol. The fraction of sp³-hybridized carbons (Fsp3) is 0.588. The summed E-state index contributed by atoms with van der Waals surface area (Å²) in [6.07, 6.45) is 5.98. The van der Waals surface area contributed by atoms with Crippen LogP contribution in [-0.2, 0) is 16.1 Å². The average molecular weight is 331 g/mol. The molecule has 24 heavy (non-hydrogen) atoms. The van der Waals surface area contributed by atoms with Crippen LogP contribution in [0.5, 0.6) is 0 Å². The normalized spacial score (nSPS) is 18.3. The maximum Gasteiger partial charge on any atom is 0.225 e. The molecule has 3 rings (SSSR count). The molecule has 0 radical (unpaired) electrons. The van der Waals surface area contributed by atoms with Crippen LogP contribution in [0.2, 0.25) is 0 Å². The molecule has 0 unspecified atom stereocenters. The van der Waals surface area contributed by atoms with Gasteiger partial charge in [-0.25, -0.2) is 4.98 Å². The molecule has 0 bridgehead atoms. The summed E-state index contributed by atoms with van der Waals surface area (Å²) in [6.45, 7) is 8.58. The summed E-state index contributed by atoms with van der Waals surface area (Å²) >= 11 is 0. The number of carbonyl (C=O) groups excluding carboxylic acids is 1. The van der Waals surface area contributed by atoms with Crippen molar-refractivity contribution in [2.75, 3.05) is 19.8 Å². The number of hydrogen-bond acceptors (Lipinski definition) is 4. The molecule has 1 fully saturated rings. The van der Waals surface area contributed by atoms with Gasteiger partial charge in [-0.15, -0.1) is 0 Å². The molecule has 0 spiro atoms. The molecular formula is C17H25N5O2. The highest BCUT2D eigenvalue weighted by Crippen LogP contribution is 2.25. The number of nitrogens with one attached hydrogen (secondary N) is 1. The van der Waals surface area contributed by atoms with Gasteiger partial charge in [0.1, 0.15) is 5.82 Å². The Labute approximate surface area is 142 Å². The van der Waals surface area contributed by atoms with Crippen LogP contribution in [0.25, 0.3) is 0 Å². The van der Waals surface area contributed by atoms with Crippen molar-refractivity contribution in [3.8, 4) is 0 Å². The smallest absolute Gasteiger partial charge is 0.225 e. The number of imidazole rings is 1. The van der Waals surface area contributed by atoms with E-state index in [9.17, 15) is 4.79 Å². The van der Waals surface area contributed by atoms with E-state index in [0.717, 1.165) is 17.1 Å². The molecule has 0 aromatic carbocycles. The van der Waals surface area contributed by atoms with Crippen LogP contribution < -0.4 is 0 Å². The first-order chi connectivity index (χ1) is 11.6. The molecule has 2 aromatic heterocycles. The van der Waals surface area contributed by atoms with Gasteiger partial charge in [-0.1, -0.05) is 13.8 Å². The maximum atomic E-state index is 12.8. The van der Waals surface area contributed by atoms with Crippen LogP contribution >= 0.6 is 0 Å². The molecule has 3 heterocycles. The van der Waals surface area contributed by atoms with Gasteiger partial charge in [-0.3, -0.25) is 9.89 Å². The molecule has 130 valence electrons. The molecule has 0 saturated carbocycles. The van der Waals surface area contributed by atoms with Crippen molar-refractivity contribution in [3.63, 3.8) is 0 Å². The first-order valence-corrected chi connectivity index (χ1v) is 8.46. The number of amides is 1. The molecular weight excluding hydrogens is 306 g/mol. The zero-order valence-electron chi connectivity index (χ0n) is 14.5. The van der Waals surface area contributed by atoms with Crippen molar-refractivity contribution in [1.29, 1.82) is 0 Å². The summed E-state index contributed by atoms with van der Waals surface area (Å²) < 4.78 is 7.65. The van der Waals surface area contributed by atoms with Gasteiger partial charge in [0, 0.05) is 37.8 Å². The molecule has 1 aliphatic heterocycles. The van der Waals surface area contributed by atoms with Gasteiger partial charge in [0.25, 0.3) is 0 Å². The van der Waals surface area contributed by atoms with E-state index in [1.54, 1.807) is 12.4 Å². The van der Waals surface area contributed by atoms with E-state index in [0.29, 0.717) is 38.6 Å². The molecule has 1 amide bonds. The van der Waals surface area contributed by atoms with Gasteiger partial charge >= 0.3 is 0 Å². The third-order valence-corrected chi connectivity index (χ3v) is 4.48. The van der Waals surface area contributed by atoms with Crippen molar-refractivity contribution in [2.45, 2.75) is 45.7 Å². The van der Waals surface area contributed by atoms with Crippen molar-refractivity contribution >= 4 is 5.91 Å². The third-order valence-electron chi connectivity index (χ3n) is 4.48. The van der Waals surface area contributed by atoms with Gasteiger partial charge in [0.15, 0.2) is 0 Å². The van der Waals surface area contributed by atoms with Crippen molar-refractivity contribution in [2.24, 2.45) is 0 Å². The van der Waals surface area contributed by atoms with Crippen molar-refractivity contribution < 1.29 is 9.53 Å². The number of nitrogens with zero attached hydrogens (tertiary/aromatic N) is 4. The van der Waals surface area contributed by atoms with Crippen LogP contribution in [0.1, 0.15) is 49.3 Å². The summed E-state index contributed by atoms with van der Waals surface area (Å²) in [5, 5.41) is 7.09. The second kappa shape index (κ2) is 7.17. The number of rotatable bonds is 5. The second-order valence-corrected chi connectivity index (χ2v) is 6.53. The molecule has 1 atom stereocenters. The Bertz CT molecular complexity index is 691. The van der Waals surface area contributed by atoms with E-state index < -0.39 is 0 Å². The first-order valence-electron chi connectivity index (χ1n) is 8.46. The summed E-state index contributed by atoms with van der Waals surface area (Å²) in [5.74, 6) is 1.50. The Morgan fingerprint density at radius 3 is 3.04 bits per heavy atom. The zero-order valence-corrected chi connectivity index (χ0v) is 14.5. The van der Waals surface area contributed by atoms with Crippen LogP contribution in [0, 0.1) is 6.92 Å². The Morgan fingerprint density at radius 2 is 2.33 bits per heavy atom. The highest BCUT2D eigenvalue weighted by Gasteiger charge is 2.30. The summed E-state index contributed by atoms with van der Waals surface area (Å²) in [4.78, 5) is 19.1. The Kier molecular flexibility index (Phi) is 4.99. The molecule has 0 aliphatic carbocycles. The molecule has 1 N–H and O–H groups in total. The first kappa shape index (κ1) is 16.7. The molecule has 7 heteroatoms. The fourth-order valence-corrected chi connectivity index (χ4v) is 3.21. The summed E-state index contributed by atoms with van der Waals surface area (Å²) in [6, 6.07) is -0.0823. The van der Waals surface area contributed by atoms with Gasteiger partial charge in [-0.05, 0) is 12.5 Å². The quantitative estimate of drug-likeness (QED) is 0.909. The second-order valence-electron chi connectivity index (χ2n) is 6.53. The summed E-state index contributed by atoms with van der Waals surface area (Å²) in [7, 11) is 0. The number of H-pyrrole nitrogens is 1. The number of aryl methyl sites for hydroxylation is 2. The number of aromatic nitrogens is 4. The molecule has 7 nitrogen and oxygen atoms in total. The number of aromatic amines is 1. The lowest BCUT2D eigenvalue weighted by Gasteiger charge is -2.35. The fourth-order valence-electron chi connectivity index (χ4n) is 3.21. The SMILES string of the molecule is Cc1cn[nH]c1[C@H]1COCCN1C(=O)CCn1ccnc1C(C)C. The van der Waals surface area contributed by atoms with E-state index in [4.69, 9.17) is 4.74 Å². The van der Waals surface area contributed by atoms with Gasteiger partial charge in [-0.2, -0.15) is 5.10 Å². The van der Waals surface area contributed by atoms with E-state index in [1.165, 1.54) is 0 Å². The number of hydrogen-bond donors (Lipinski definition) is 1. The van der Waals surface area contributed by atoms with Gasteiger partial charge < -0.3 is 14.2 Å². The Hall–Kier alpha value is -2.15. The minimum absolute atomic E-state index is 0.0823. The highest BCUT2D eigenvalue weighted by atomic mass is 16.5. The standard InChI is InChI=1S/C17H25N5O2/c1-12(2)17-18-5-7-21(17)6-4-15(23)22-8-9-24-11-14(22)16-13(3)10-19-20-16/h5,7,10,12,14H,4,6,8-9,11H2,1-3H3,(H,19,20)/t14-/m1/s1. The minimum atomic E-state index is -0.0823. The largest absolute Gasteiger partial charge is 0.377 e. The average Bonchev–Trinajstić information content (AvgIpc) is 3.21. The molecule has 1 aliphatic rings. The van der Waals surface area contributed by atoms with Gasteiger partial charge in [0.2, 0.25) is 5.91 Å². The van der Waals surface area contributed by atoms with E-state index in [-0.39, 0.29) is 11.9 Å². The zero-order chi connectivity index (χ0) is 17.1. The Balaban J connectivity index is 1.68. The van der Waals surface area contributed by atoms with Crippen LogP contribution in [0.3, 0.4) is 0 Å². The van der Waals surface area contributed by atoms with E-state index >= 15 is 0 Å². The summed E-state index contributed by atoms with van der Waals surface area (Å²) in [5.41, 5.74) is 2.02. The lowest BCUT2D eigenvalue weighted by molar-refractivity contribution is -0.140. The number of carbonyl (C=O) groups is 1. The van der Waals surface area contributed by atoms with Crippen LogP contribution in [-0.4, -0.2) is 50.3 Å². The van der Waals surface area contributed by atoms with Gasteiger partial charge in [0.05, 0.1) is 31.1 Å². The lowest BCUT2D eigenvalue weighted by atomic mass is 10.1. The maximum absolute atomic E-state index is 12.8. The topological polar surface area (TPSA) is 76.0 Å². The number of ether oxygens (including phenoxy) is 1.